The number of tetrazole rings is 1. The van der Waals surface area contributed by atoms with E-state index in [1.54, 1.807) is 38.1 Å². The Labute approximate surface area is 171 Å². The van der Waals surface area contributed by atoms with Gasteiger partial charge in [-0.05, 0) is 55.0 Å². The maximum absolute atomic E-state index is 12.7. The third-order valence-corrected chi connectivity index (χ3v) is 5.17. The van der Waals surface area contributed by atoms with Crippen LogP contribution in [-0.2, 0) is 4.79 Å². The van der Waals surface area contributed by atoms with E-state index in [1.807, 2.05) is 0 Å². The van der Waals surface area contributed by atoms with Crippen molar-refractivity contribution < 1.29 is 14.4 Å². The quantitative estimate of drug-likeness (QED) is 0.452. The highest BCUT2D eigenvalue weighted by Gasteiger charge is 2.21. The van der Waals surface area contributed by atoms with E-state index >= 15 is 0 Å². The summed E-state index contributed by atoms with van der Waals surface area (Å²) in [5.41, 5.74) is 3.59. The predicted molar refractivity (Wildman–Crippen MR) is 109 cm³/mol. The number of carbonyl (C=O) groups excluding carboxylic acids is 3. The maximum atomic E-state index is 12.7. The summed E-state index contributed by atoms with van der Waals surface area (Å²) in [5, 5.41) is 14.8. The molecule has 2 N–H and O–H groups in total. The number of hydrogen-bond acceptors (Lipinski definition) is 7. The number of rotatable bonds is 7. The van der Waals surface area contributed by atoms with Gasteiger partial charge in [0.15, 0.2) is 11.6 Å². The summed E-state index contributed by atoms with van der Waals surface area (Å²) in [7, 11) is 0. The van der Waals surface area contributed by atoms with Gasteiger partial charge in [-0.2, -0.15) is 4.68 Å². The van der Waals surface area contributed by atoms with Crippen molar-refractivity contribution >= 4 is 34.9 Å². The molecule has 2 aromatic heterocycles. The van der Waals surface area contributed by atoms with Crippen LogP contribution in [0.5, 0.6) is 0 Å². The zero-order valence-electron chi connectivity index (χ0n) is 16.4. The topological polar surface area (TPSA) is 123 Å². The summed E-state index contributed by atoms with van der Waals surface area (Å²) >= 11 is 1.19. The van der Waals surface area contributed by atoms with E-state index in [2.05, 4.69) is 25.8 Å². The molecular formula is C19H20N6O3S. The summed E-state index contributed by atoms with van der Waals surface area (Å²) in [6.07, 6.45) is 0. The van der Waals surface area contributed by atoms with Crippen molar-refractivity contribution in [3.05, 3.63) is 46.8 Å². The Hall–Kier alpha value is -3.27. The summed E-state index contributed by atoms with van der Waals surface area (Å²) in [6, 6.07) is 7.07. The van der Waals surface area contributed by atoms with E-state index < -0.39 is 0 Å². The molecule has 0 saturated carbocycles. The van der Waals surface area contributed by atoms with Crippen LogP contribution in [0.2, 0.25) is 0 Å². The standard InChI is InChI=1S/C19H20N6O3S/c1-10-17(12(3)26)11(2)20-18(10)16(28)9-29-19-22-23-24-25(19)15-7-5-6-14(8-15)21-13(4)27/h5-8,20H,9H2,1-4H3,(H,21,27). The molecule has 0 atom stereocenters. The third-order valence-electron chi connectivity index (χ3n) is 4.25. The monoisotopic (exact) mass is 412 g/mol. The van der Waals surface area contributed by atoms with Crippen LogP contribution in [0.3, 0.4) is 0 Å². The number of H-pyrrole nitrogens is 1. The van der Waals surface area contributed by atoms with Crippen molar-refractivity contribution in [3.63, 3.8) is 0 Å². The molecule has 1 amide bonds. The number of nitrogens with zero attached hydrogens (tertiary/aromatic N) is 4. The molecule has 0 radical (unpaired) electrons. The number of benzene rings is 1. The molecule has 0 spiro atoms. The first-order valence-corrected chi connectivity index (χ1v) is 9.79. The van der Waals surface area contributed by atoms with Gasteiger partial charge < -0.3 is 10.3 Å². The van der Waals surface area contributed by atoms with Crippen LogP contribution in [0.25, 0.3) is 5.69 Å². The van der Waals surface area contributed by atoms with Gasteiger partial charge in [0.1, 0.15) is 0 Å². The number of Topliss-reactive ketones (excluding diaryl/α,β-unsaturated/α-hetero) is 2. The molecule has 2 heterocycles. The number of carbonyl (C=O) groups is 3. The fraction of sp³-hybridized carbons (Fsp3) is 0.263. The highest BCUT2D eigenvalue weighted by molar-refractivity contribution is 7.99. The maximum Gasteiger partial charge on any atom is 0.221 e. The van der Waals surface area contributed by atoms with Gasteiger partial charge in [0.2, 0.25) is 11.1 Å². The van der Waals surface area contributed by atoms with E-state index in [-0.39, 0.29) is 23.2 Å². The highest BCUT2D eigenvalue weighted by Crippen LogP contribution is 2.24. The first-order chi connectivity index (χ1) is 13.8. The van der Waals surface area contributed by atoms with E-state index in [9.17, 15) is 14.4 Å². The molecule has 10 heteroatoms. The molecule has 3 aromatic rings. The SMILES string of the molecule is CC(=O)Nc1cccc(-n2nnnc2SCC(=O)c2[nH]c(C)c(C(C)=O)c2C)c1. The fourth-order valence-electron chi connectivity index (χ4n) is 3.11. The number of thioether (sulfide) groups is 1. The minimum absolute atomic E-state index is 0.0778. The van der Waals surface area contributed by atoms with Crippen molar-refractivity contribution in [2.24, 2.45) is 0 Å². The summed E-state index contributed by atoms with van der Waals surface area (Å²) in [6.45, 7) is 6.44. The number of aromatic amines is 1. The Morgan fingerprint density at radius 1 is 1.21 bits per heavy atom. The summed E-state index contributed by atoms with van der Waals surface area (Å²) < 4.78 is 1.50. The molecule has 150 valence electrons. The lowest BCUT2D eigenvalue weighted by atomic mass is 10.1. The molecule has 0 aliphatic rings. The van der Waals surface area contributed by atoms with Crippen molar-refractivity contribution in [1.29, 1.82) is 0 Å². The van der Waals surface area contributed by atoms with E-state index in [4.69, 9.17) is 0 Å². The Morgan fingerprint density at radius 2 is 1.97 bits per heavy atom. The number of ketones is 2. The lowest BCUT2D eigenvalue weighted by Gasteiger charge is -2.07. The second kappa shape index (κ2) is 8.39. The second-order valence-corrected chi connectivity index (χ2v) is 7.44. The number of amides is 1. The number of aromatic nitrogens is 5. The van der Waals surface area contributed by atoms with E-state index in [0.29, 0.717) is 39.0 Å². The molecule has 1 aromatic carbocycles. The Bertz CT molecular complexity index is 1100. The molecule has 29 heavy (non-hydrogen) atoms. The molecule has 0 aliphatic carbocycles. The van der Waals surface area contributed by atoms with Gasteiger partial charge in [-0.25, -0.2) is 0 Å². The Balaban J connectivity index is 1.78. The van der Waals surface area contributed by atoms with Gasteiger partial charge in [0.25, 0.3) is 0 Å². The Morgan fingerprint density at radius 3 is 2.62 bits per heavy atom. The zero-order valence-corrected chi connectivity index (χ0v) is 17.3. The van der Waals surface area contributed by atoms with Crippen LogP contribution >= 0.6 is 11.8 Å². The minimum Gasteiger partial charge on any atom is -0.355 e. The third kappa shape index (κ3) is 4.43. The average molecular weight is 412 g/mol. The minimum atomic E-state index is -0.180. The van der Waals surface area contributed by atoms with Crippen LogP contribution in [0.15, 0.2) is 29.4 Å². The normalized spacial score (nSPS) is 10.8. The molecular weight excluding hydrogens is 392 g/mol. The fourth-order valence-corrected chi connectivity index (χ4v) is 3.87. The molecule has 3 rings (SSSR count). The predicted octanol–water partition coefficient (Wildman–Crippen LogP) is 2.74. The first kappa shape index (κ1) is 20.5. The number of hydrogen-bond donors (Lipinski definition) is 2. The summed E-state index contributed by atoms with van der Waals surface area (Å²) in [4.78, 5) is 38.7. The lowest BCUT2D eigenvalue weighted by Crippen LogP contribution is -2.08. The zero-order chi connectivity index (χ0) is 21.1. The number of anilines is 1. The average Bonchev–Trinajstić information content (AvgIpc) is 3.23. The summed E-state index contributed by atoms with van der Waals surface area (Å²) in [5.74, 6) is -0.305. The van der Waals surface area contributed by atoms with Crippen LogP contribution in [0.1, 0.15) is 46.0 Å². The van der Waals surface area contributed by atoms with Gasteiger partial charge in [0.05, 0.1) is 17.1 Å². The molecule has 0 bridgehead atoms. The number of aryl methyl sites for hydroxylation is 1. The molecule has 0 fully saturated rings. The smallest absolute Gasteiger partial charge is 0.221 e. The highest BCUT2D eigenvalue weighted by atomic mass is 32.2. The number of nitrogens with one attached hydrogen (secondary N) is 2. The second-order valence-electron chi connectivity index (χ2n) is 6.50. The van der Waals surface area contributed by atoms with Crippen LogP contribution in [0, 0.1) is 13.8 Å². The van der Waals surface area contributed by atoms with Crippen LogP contribution in [-0.4, -0.2) is 48.4 Å². The lowest BCUT2D eigenvalue weighted by molar-refractivity contribution is -0.114. The molecule has 9 nitrogen and oxygen atoms in total. The van der Waals surface area contributed by atoms with Gasteiger partial charge in [-0.15, -0.1) is 5.10 Å². The largest absolute Gasteiger partial charge is 0.355 e. The molecule has 0 unspecified atom stereocenters. The van der Waals surface area contributed by atoms with Crippen LogP contribution in [0.4, 0.5) is 5.69 Å². The van der Waals surface area contributed by atoms with Crippen molar-refractivity contribution in [2.75, 3.05) is 11.1 Å². The first-order valence-electron chi connectivity index (χ1n) is 8.80. The van der Waals surface area contributed by atoms with Gasteiger partial charge >= 0.3 is 0 Å². The van der Waals surface area contributed by atoms with E-state index in [0.717, 1.165) is 0 Å². The van der Waals surface area contributed by atoms with Gasteiger partial charge in [0, 0.05) is 23.9 Å². The van der Waals surface area contributed by atoms with Crippen LogP contribution < -0.4 is 5.32 Å². The van der Waals surface area contributed by atoms with Crippen molar-refractivity contribution in [2.45, 2.75) is 32.9 Å². The molecule has 0 aliphatic heterocycles. The molecule has 0 saturated heterocycles. The van der Waals surface area contributed by atoms with Crippen molar-refractivity contribution in [1.82, 2.24) is 25.2 Å². The van der Waals surface area contributed by atoms with Gasteiger partial charge in [-0.3, -0.25) is 14.4 Å². The van der Waals surface area contributed by atoms with E-state index in [1.165, 1.54) is 30.3 Å². The Kier molecular flexibility index (Phi) is 5.92. The van der Waals surface area contributed by atoms with Gasteiger partial charge in [-0.1, -0.05) is 17.8 Å². The van der Waals surface area contributed by atoms with Crippen molar-refractivity contribution in [3.8, 4) is 5.69 Å².